The second-order valence-corrected chi connectivity index (χ2v) is 3.69. The zero-order valence-electron chi connectivity index (χ0n) is 9.92. The third-order valence-electron chi connectivity index (χ3n) is 2.34. The number of rotatable bonds is 6. The normalized spacial score (nSPS) is 11.8. The first kappa shape index (κ1) is 14.0. The lowest BCUT2D eigenvalue weighted by atomic mass is 10.1. The molecule has 0 saturated carbocycles. The first-order chi connectivity index (χ1) is 8.54. The van der Waals surface area contributed by atoms with Crippen LogP contribution in [0.25, 0.3) is 0 Å². The maximum absolute atomic E-state index is 11.7. The van der Waals surface area contributed by atoms with Gasteiger partial charge in [-0.3, -0.25) is 4.79 Å². The summed E-state index contributed by atoms with van der Waals surface area (Å²) in [5.41, 5.74) is 0.288. The molecule has 6 heteroatoms. The molecule has 1 amide bonds. The van der Waals surface area contributed by atoms with Crippen molar-refractivity contribution in [1.82, 2.24) is 5.32 Å². The number of hydrogen-bond acceptors (Lipinski definition) is 4. The summed E-state index contributed by atoms with van der Waals surface area (Å²) < 4.78 is 4.78. The number of amides is 1. The molecule has 98 valence electrons. The Morgan fingerprint density at radius 2 is 1.94 bits per heavy atom. The number of benzene rings is 1. The molecule has 0 aliphatic rings. The molecule has 0 fully saturated rings. The highest BCUT2D eigenvalue weighted by atomic mass is 16.5. The van der Waals surface area contributed by atoms with Crippen LogP contribution in [-0.4, -0.2) is 41.8 Å². The van der Waals surface area contributed by atoms with E-state index in [-0.39, 0.29) is 24.3 Å². The van der Waals surface area contributed by atoms with Gasteiger partial charge in [-0.15, -0.1) is 0 Å². The average Bonchev–Trinajstić information content (AvgIpc) is 2.34. The molecule has 0 heterocycles. The maximum Gasteiger partial charge on any atom is 0.326 e. The van der Waals surface area contributed by atoms with Gasteiger partial charge in [0.1, 0.15) is 11.8 Å². The number of methoxy groups -OCH3 is 1. The van der Waals surface area contributed by atoms with Crippen molar-refractivity contribution in [2.45, 2.75) is 12.5 Å². The Morgan fingerprint density at radius 1 is 1.33 bits per heavy atom. The van der Waals surface area contributed by atoms with E-state index < -0.39 is 17.9 Å². The van der Waals surface area contributed by atoms with Gasteiger partial charge < -0.3 is 20.3 Å². The van der Waals surface area contributed by atoms with Gasteiger partial charge >= 0.3 is 5.97 Å². The van der Waals surface area contributed by atoms with E-state index in [1.807, 2.05) is 0 Å². The summed E-state index contributed by atoms with van der Waals surface area (Å²) >= 11 is 0. The molecule has 6 nitrogen and oxygen atoms in total. The van der Waals surface area contributed by atoms with E-state index in [1.165, 1.54) is 31.4 Å². The van der Waals surface area contributed by atoms with Crippen molar-refractivity contribution in [3.05, 3.63) is 29.8 Å². The van der Waals surface area contributed by atoms with Gasteiger partial charge in [0.05, 0.1) is 0 Å². The van der Waals surface area contributed by atoms with E-state index in [2.05, 4.69) is 5.32 Å². The Hall–Kier alpha value is -2.08. The molecule has 18 heavy (non-hydrogen) atoms. The van der Waals surface area contributed by atoms with Crippen LogP contribution in [0.3, 0.4) is 0 Å². The number of aromatic hydroxyl groups is 1. The van der Waals surface area contributed by atoms with Crippen molar-refractivity contribution < 1.29 is 24.5 Å². The van der Waals surface area contributed by atoms with Crippen LogP contribution >= 0.6 is 0 Å². The van der Waals surface area contributed by atoms with Crippen LogP contribution in [0.4, 0.5) is 0 Å². The molecular formula is C12H15NO5. The second-order valence-electron chi connectivity index (χ2n) is 3.69. The molecule has 1 atom stereocenters. The summed E-state index contributed by atoms with van der Waals surface area (Å²) in [6.45, 7) is 0.243. The van der Waals surface area contributed by atoms with Gasteiger partial charge in [0, 0.05) is 25.7 Å². The summed E-state index contributed by atoms with van der Waals surface area (Å²) in [6.07, 6.45) is 0.190. The van der Waals surface area contributed by atoms with Crippen LogP contribution < -0.4 is 5.32 Å². The van der Waals surface area contributed by atoms with E-state index >= 15 is 0 Å². The molecule has 1 aromatic carbocycles. The number of phenols is 1. The number of carbonyl (C=O) groups is 2. The number of aliphatic carboxylic acids is 1. The predicted molar refractivity (Wildman–Crippen MR) is 63.5 cm³/mol. The molecule has 0 bridgehead atoms. The van der Waals surface area contributed by atoms with Crippen molar-refractivity contribution in [3.63, 3.8) is 0 Å². The lowest BCUT2D eigenvalue weighted by molar-refractivity contribution is -0.139. The van der Waals surface area contributed by atoms with E-state index in [1.54, 1.807) is 0 Å². The summed E-state index contributed by atoms with van der Waals surface area (Å²) in [7, 11) is 1.46. The van der Waals surface area contributed by atoms with Crippen LogP contribution in [-0.2, 0) is 9.53 Å². The second kappa shape index (κ2) is 6.61. The Balaban J connectivity index is 2.66. The van der Waals surface area contributed by atoms with Crippen molar-refractivity contribution in [1.29, 1.82) is 0 Å². The molecule has 1 rings (SSSR count). The predicted octanol–water partition coefficient (Wildman–Crippen LogP) is 0.612. The van der Waals surface area contributed by atoms with Crippen LogP contribution in [0.5, 0.6) is 5.75 Å². The Morgan fingerprint density at radius 3 is 2.44 bits per heavy atom. The monoisotopic (exact) mass is 253 g/mol. The molecule has 0 aliphatic carbocycles. The zero-order valence-corrected chi connectivity index (χ0v) is 9.92. The van der Waals surface area contributed by atoms with Crippen LogP contribution in [0.15, 0.2) is 24.3 Å². The minimum absolute atomic E-state index is 0.0423. The van der Waals surface area contributed by atoms with Gasteiger partial charge in [-0.2, -0.15) is 0 Å². The number of nitrogens with one attached hydrogen (secondary N) is 1. The first-order valence-corrected chi connectivity index (χ1v) is 5.36. The van der Waals surface area contributed by atoms with Gasteiger partial charge in [-0.1, -0.05) is 0 Å². The Bertz CT molecular complexity index is 415. The van der Waals surface area contributed by atoms with Gasteiger partial charge in [-0.25, -0.2) is 4.79 Å². The van der Waals surface area contributed by atoms with Crippen LogP contribution in [0, 0.1) is 0 Å². The lowest BCUT2D eigenvalue weighted by Gasteiger charge is -2.13. The summed E-state index contributed by atoms with van der Waals surface area (Å²) in [6, 6.07) is 4.56. The number of carbonyl (C=O) groups excluding carboxylic acids is 1. The topological polar surface area (TPSA) is 95.9 Å². The summed E-state index contributed by atoms with van der Waals surface area (Å²) in [5.74, 6) is -1.57. The fraction of sp³-hybridized carbons (Fsp3) is 0.333. The number of hydrogen-bond donors (Lipinski definition) is 3. The smallest absolute Gasteiger partial charge is 0.326 e. The van der Waals surface area contributed by atoms with Crippen LogP contribution in [0.2, 0.25) is 0 Å². The van der Waals surface area contributed by atoms with E-state index in [9.17, 15) is 9.59 Å². The zero-order chi connectivity index (χ0) is 13.5. The van der Waals surface area contributed by atoms with Gasteiger partial charge in [0.25, 0.3) is 5.91 Å². The van der Waals surface area contributed by atoms with E-state index in [0.717, 1.165) is 0 Å². The number of phenolic OH excluding ortho intramolecular Hbond substituents is 1. The van der Waals surface area contributed by atoms with E-state index in [4.69, 9.17) is 14.9 Å². The van der Waals surface area contributed by atoms with Crippen molar-refractivity contribution in [2.24, 2.45) is 0 Å². The minimum atomic E-state index is -1.11. The molecule has 1 unspecified atom stereocenters. The molecule has 0 spiro atoms. The van der Waals surface area contributed by atoms with Crippen molar-refractivity contribution in [2.75, 3.05) is 13.7 Å². The molecule has 3 N–H and O–H groups in total. The van der Waals surface area contributed by atoms with Crippen molar-refractivity contribution >= 4 is 11.9 Å². The average molecular weight is 253 g/mol. The standard InChI is InChI=1S/C12H15NO5/c1-18-7-6-10(12(16)17)13-11(15)8-2-4-9(14)5-3-8/h2-5,10,14H,6-7H2,1H3,(H,13,15)(H,16,17). The molecular weight excluding hydrogens is 238 g/mol. The van der Waals surface area contributed by atoms with E-state index in [0.29, 0.717) is 0 Å². The number of carboxylic acid groups (broad SMARTS) is 1. The summed E-state index contributed by atoms with van der Waals surface area (Å²) in [5, 5.41) is 20.4. The highest BCUT2D eigenvalue weighted by Gasteiger charge is 2.20. The Labute approximate surface area is 104 Å². The van der Waals surface area contributed by atoms with Crippen LogP contribution in [0.1, 0.15) is 16.8 Å². The third-order valence-corrected chi connectivity index (χ3v) is 2.34. The molecule has 1 aromatic rings. The summed E-state index contributed by atoms with van der Waals surface area (Å²) in [4.78, 5) is 22.7. The maximum atomic E-state index is 11.7. The number of ether oxygens (including phenoxy) is 1. The third kappa shape index (κ3) is 4.06. The fourth-order valence-electron chi connectivity index (χ4n) is 1.35. The minimum Gasteiger partial charge on any atom is -0.508 e. The molecule has 0 radical (unpaired) electrons. The highest BCUT2D eigenvalue weighted by Crippen LogP contribution is 2.09. The first-order valence-electron chi connectivity index (χ1n) is 5.36. The fourth-order valence-corrected chi connectivity index (χ4v) is 1.35. The number of carboxylic acids is 1. The SMILES string of the molecule is COCCC(NC(=O)c1ccc(O)cc1)C(=O)O. The molecule has 0 aliphatic heterocycles. The van der Waals surface area contributed by atoms with Gasteiger partial charge in [0.15, 0.2) is 0 Å². The highest BCUT2D eigenvalue weighted by molar-refractivity contribution is 5.96. The molecule has 0 aromatic heterocycles. The van der Waals surface area contributed by atoms with Crippen molar-refractivity contribution in [3.8, 4) is 5.75 Å². The molecule has 0 saturated heterocycles. The Kier molecular flexibility index (Phi) is 5.13. The van der Waals surface area contributed by atoms with Gasteiger partial charge in [0.2, 0.25) is 0 Å². The van der Waals surface area contributed by atoms with Gasteiger partial charge in [-0.05, 0) is 24.3 Å². The quantitative estimate of drug-likeness (QED) is 0.690. The lowest BCUT2D eigenvalue weighted by Crippen LogP contribution is -2.41. The largest absolute Gasteiger partial charge is 0.508 e.